The molecule has 0 saturated heterocycles. The maximum atomic E-state index is 11.2. The molecule has 0 saturated carbocycles. The number of benzene rings is 2. The van der Waals surface area contributed by atoms with E-state index in [-0.39, 0.29) is 5.56 Å². The van der Waals surface area contributed by atoms with Gasteiger partial charge >= 0.3 is 5.97 Å². The minimum atomic E-state index is -0.935. The van der Waals surface area contributed by atoms with Crippen molar-refractivity contribution in [1.82, 2.24) is 4.98 Å². The third-order valence-electron chi connectivity index (χ3n) is 4.71. The molecule has 0 amide bonds. The number of hydrogen-bond donors (Lipinski definition) is 1. The van der Waals surface area contributed by atoms with E-state index in [1.807, 2.05) is 49.5 Å². The van der Waals surface area contributed by atoms with E-state index in [1.165, 1.54) is 0 Å². The predicted molar refractivity (Wildman–Crippen MR) is 113 cm³/mol. The highest BCUT2D eigenvalue weighted by atomic mass is 16.5. The molecule has 29 heavy (non-hydrogen) atoms. The first-order chi connectivity index (χ1) is 14.1. The quantitative estimate of drug-likeness (QED) is 0.515. The summed E-state index contributed by atoms with van der Waals surface area (Å²) < 4.78 is 10.7. The molecule has 3 rings (SSSR count). The summed E-state index contributed by atoms with van der Waals surface area (Å²) in [6, 6.07) is 16.8. The molecule has 150 valence electrons. The smallest absolute Gasteiger partial charge is 0.335 e. The molecule has 0 aliphatic rings. The molecule has 0 fully saturated rings. The first kappa shape index (κ1) is 20.6. The lowest BCUT2D eigenvalue weighted by Crippen LogP contribution is -1.99. The lowest BCUT2D eigenvalue weighted by molar-refractivity contribution is 0.0697. The number of ether oxygens (including phenoxy) is 2. The van der Waals surface area contributed by atoms with Gasteiger partial charge in [0.05, 0.1) is 18.4 Å². The van der Waals surface area contributed by atoms with Gasteiger partial charge in [0.25, 0.3) is 0 Å². The van der Waals surface area contributed by atoms with Crippen LogP contribution in [0.2, 0.25) is 0 Å². The highest BCUT2D eigenvalue weighted by Crippen LogP contribution is 2.32. The normalized spacial score (nSPS) is 10.7. The summed E-state index contributed by atoms with van der Waals surface area (Å²) in [5.41, 5.74) is 5.12. The number of aryl methyl sites for hydroxylation is 1. The Hall–Kier alpha value is -3.18. The Labute approximate surface area is 171 Å². The van der Waals surface area contributed by atoms with Crippen LogP contribution in [0.3, 0.4) is 0 Å². The van der Waals surface area contributed by atoms with Gasteiger partial charge in [-0.2, -0.15) is 0 Å². The molecule has 1 N–H and O–H groups in total. The number of aromatic carboxylic acids is 1. The van der Waals surface area contributed by atoms with Crippen molar-refractivity contribution in [2.75, 3.05) is 20.3 Å². The van der Waals surface area contributed by atoms with Crippen LogP contribution in [0.4, 0.5) is 0 Å². The molecule has 2 aromatic carbocycles. The minimum Gasteiger partial charge on any atom is -0.497 e. The van der Waals surface area contributed by atoms with Crippen molar-refractivity contribution in [2.24, 2.45) is 0 Å². The SMILES string of the molecule is CCOCCCc1cnc(-c2ccc(OC)cc2)c(-c2ccc(C(=O)O)cc2)c1. The monoisotopic (exact) mass is 391 g/mol. The van der Waals surface area contributed by atoms with Crippen LogP contribution in [-0.4, -0.2) is 36.4 Å². The number of carbonyl (C=O) groups is 1. The summed E-state index contributed by atoms with van der Waals surface area (Å²) >= 11 is 0. The Bertz CT molecular complexity index is 950. The van der Waals surface area contributed by atoms with Gasteiger partial charge in [-0.05, 0) is 73.4 Å². The maximum absolute atomic E-state index is 11.2. The Morgan fingerprint density at radius 3 is 2.34 bits per heavy atom. The Balaban J connectivity index is 1.98. The lowest BCUT2D eigenvalue weighted by atomic mass is 9.96. The molecule has 0 aliphatic heterocycles. The van der Waals surface area contributed by atoms with Crippen LogP contribution in [0.25, 0.3) is 22.4 Å². The van der Waals surface area contributed by atoms with Crippen molar-refractivity contribution in [3.05, 3.63) is 71.9 Å². The molecule has 0 spiro atoms. The maximum Gasteiger partial charge on any atom is 0.335 e. The van der Waals surface area contributed by atoms with Crippen LogP contribution in [0.1, 0.15) is 29.3 Å². The van der Waals surface area contributed by atoms with Crippen LogP contribution in [-0.2, 0) is 11.2 Å². The first-order valence-corrected chi connectivity index (χ1v) is 9.67. The Morgan fingerprint density at radius 1 is 1.03 bits per heavy atom. The van der Waals surface area contributed by atoms with Crippen molar-refractivity contribution in [3.63, 3.8) is 0 Å². The van der Waals surface area contributed by atoms with Gasteiger partial charge in [-0.1, -0.05) is 12.1 Å². The highest BCUT2D eigenvalue weighted by molar-refractivity contribution is 5.89. The number of aromatic nitrogens is 1. The van der Waals surface area contributed by atoms with Gasteiger partial charge in [-0.25, -0.2) is 4.79 Å². The van der Waals surface area contributed by atoms with Crippen molar-refractivity contribution in [3.8, 4) is 28.1 Å². The number of nitrogens with zero attached hydrogens (tertiary/aromatic N) is 1. The van der Waals surface area contributed by atoms with Gasteiger partial charge in [0, 0.05) is 30.5 Å². The van der Waals surface area contributed by atoms with Crippen molar-refractivity contribution >= 4 is 5.97 Å². The molecular weight excluding hydrogens is 366 g/mol. The molecule has 5 heteroatoms. The van der Waals surface area contributed by atoms with Gasteiger partial charge in [-0.15, -0.1) is 0 Å². The van der Waals surface area contributed by atoms with E-state index in [1.54, 1.807) is 19.2 Å². The van der Waals surface area contributed by atoms with Crippen molar-refractivity contribution in [1.29, 1.82) is 0 Å². The van der Waals surface area contributed by atoms with Gasteiger partial charge in [0.15, 0.2) is 0 Å². The van der Waals surface area contributed by atoms with Crippen LogP contribution in [0.15, 0.2) is 60.8 Å². The van der Waals surface area contributed by atoms with Crippen molar-refractivity contribution < 1.29 is 19.4 Å². The summed E-state index contributed by atoms with van der Waals surface area (Å²) in [7, 11) is 1.64. The highest BCUT2D eigenvalue weighted by Gasteiger charge is 2.12. The summed E-state index contributed by atoms with van der Waals surface area (Å²) in [4.78, 5) is 15.9. The number of methoxy groups -OCH3 is 1. The van der Waals surface area contributed by atoms with E-state index in [2.05, 4.69) is 6.07 Å². The second-order valence-corrected chi connectivity index (χ2v) is 6.65. The Morgan fingerprint density at radius 2 is 1.72 bits per heavy atom. The zero-order valence-corrected chi connectivity index (χ0v) is 16.7. The fraction of sp³-hybridized carbons (Fsp3) is 0.250. The van der Waals surface area contributed by atoms with Crippen molar-refractivity contribution in [2.45, 2.75) is 19.8 Å². The minimum absolute atomic E-state index is 0.264. The molecule has 0 bridgehead atoms. The molecule has 1 heterocycles. The lowest BCUT2D eigenvalue weighted by Gasteiger charge is -2.13. The average Bonchev–Trinajstić information content (AvgIpc) is 2.77. The second kappa shape index (κ2) is 9.85. The molecular formula is C24H25NO4. The summed E-state index contributed by atoms with van der Waals surface area (Å²) in [6.07, 6.45) is 3.70. The number of hydrogen-bond acceptors (Lipinski definition) is 4. The zero-order chi connectivity index (χ0) is 20.6. The van der Waals surface area contributed by atoms with Crippen LogP contribution in [0.5, 0.6) is 5.75 Å². The third-order valence-corrected chi connectivity index (χ3v) is 4.71. The molecule has 5 nitrogen and oxygen atoms in total. The number of pyridine rings is 1. The van der Waals surface area contributed by atoms with E-state index in [0.29, 0.717) is 0 Å². The van der Waals surface area contributed by atoms with Gasteiger partial charge < -0.3 is 14.6 Å². The molecule has 3 aromatic rings. The standard InChI is InChI=1S/C24H25NO4/c1-3-29-14-4-5-17-15-22(18-6-8-20(9-7-18)24(26)27)23(25-16-17)19-10-12-21(28-2)13-11-19/h6-13,15-16H,3-5,14H2,1-2H3,(H,26,27). The molecule has 0 unspecified atom stereocenters. The second-order valence-electron chi connectivity index (χ2n) is 6.65. The average molecular weight is 391 g/mol. The summed E-state index contributed by atoms with van der Waals surface area (Å²) in [5, 5.41) is 9.18. The number of rotatable bonds is 9. The third kappa shape index (κ3) is 5.21. The molecule has 0 aliphatic carbocycles. The molecule has 0 radical (unpaired) electrons. The Kier molecular flexibility index (Phi) is 6.98. The zero-order valence-electron chi connectivity index (χ0n) is 16.7. The fourth-order valence-electron chi connectivity index (χ4n) is 3.16. The van der Waals surface area contributed by atoms with Crippen LogP contribution >= 0.6 is 0 Å². The van der Waals surface area contributed by atoms with Gasteiger partial charge in [-0.3, -0.25) is 4.98 Å². The van der Waals surface area contributed by atoms with E-state index in [4.69, 9.17) is 14.5 Å². The first-order valence-electron chi connectivity index (χ1n) is 9.67. The molecule has 0 atom stereocenters. The van der Waals surface area contributed by atoms with Gasteiger partial charge in [0.2, 0.25) is 0 Å². The number of carboxylic acid groups (broad SMARTS) is 1. The predicted octanol–water partition coefficient (Wildman–Crippen LogP) is 5.09. The topological polar surface area (TPSA) is 68.7 Å². The number of carboxylic acids is 1. The molecule has 1 aromatic heterocycles. The summed E-state index contributed by atoms with van der Waals surface area (Å²) in [6.45, 7) is 3.43. The van der Waals surface area contributed by atoms with Crippen LogP contribution < -0.4 is 4.74 Å². The van der Waals surface area contributed by atoms with E-state index in [9.17, 15) is 9.90 Å². The van der Waals surface area contributed by atoms with E-state index >= 15 is 0 Å². The fourth-order valence-corrected chi connectivity index (χ4v) is 3.16. The van der Waals surface area contributed by atoms with Gasteiger partial charge in [0.1, 0.15) is 5.75 Å². The van der Waals surface area contributed by atoms with Crippen LogP contribution in [0, 0.1) is 0 Å². The largest absolute Gasteiger partial charge is 0.497 e. The van der Waals surface area contributed by atoms with E-state index < -0.39 is 5.97 Å². The van der Waals surface area contributed by atoms with E-state index in [0.717, 1.165) is 59.8 Å². The summed E-state index contributed by atoms with van der Waals surface area (Å²) in [5.74, 6) is -0.150.